The standard InChI is InChI=1S/C20H18F3N3O4S2/c1-11-24-25-18(31-11)9-13-10-30-17-8-12(6-7-15(17)19(13)27)14-4-2-3-5-16(14)26-32(28,29)20(21,22)23/h2-8,13,19,26-27H,9-10H2,1H3. The molecule has 3 aromatic rings. The molecular weight excluding hydrogens is 467 g/mol. The predicted molar refractivity (Wildman–Crippen MR) is 113 cm³/mol. The fourth-order valence-electron chi connectivity index (χ4n) is 3.45. The number of para-hydroxylation sites is 1. The average molecular weight is 486 g/mol. The lowest BCUT2D eigenvalue weighted by molar-refractivity contribution is -0.0429. The highest BCUT2D eigenvalue weighted by Crippen LogP contribution is 2.41. The molecular formula is C20H18F3N3O4S2. The van der Waals surface area contributed by atoms with Gasteiger partial charge in [0.2, 0.25) is 0 Å². The quantitative estimate of drug-likeness (QED) is 0.565. The van der Waals surface area contributed by atoms with Crippen LogP contribution in [0.5, 0.6) is 5.75 Å². The minimum atomic E-state index is -5.57. The van der Waals surface area contributed by atoms with Crippen molar-refractivity contribution >= 4 is 27.0 Å². The molecule has 0 amide bonds. The smallest absolute Gasteiger partial charge is 0.493 e. The normalized spacial score (nSPS) is 18.7. The monoisotopic (exact) mass is 485 g/mol. The number of halogens is 3. The molecule has 0 fully saturated rings. The van der Waals surface area contributed by atoms with E-state index in [4.69, 9.17) is 4.74 Å². The second-order valence-corrected chi connectivity index (χ2v) is 10.2. The van der Waals surface area contributed by atoms with Crippen LogP contribution < -0.4 is 9.46 Å². The number of alkyl halides is 3. The third-order valence-corrected chi connectivity index (χ3v) is 6.98. The summed E-state index contributed by atoms with van der Waals surface area (Å²) in [6, 6.07) is 10.5. The minimum absolute atomic E-state index is 0.217. The van der Waals surface area contributed by atoms with Gasteiger partial charge in [0.1, 0.15) is 15.8 Å². The number of hydrogen-bond donors (Lipinski definition) is 2. The van der Waals surface area contributed by atoms with Crippen LogP contribution in [0.25, 0.3) is 11.1 Å². The Morgan fingerprint density at radius 1 is 1.22 bits per heavy atom. The molecule has 0 saturated heterocycles. The van der Waals surface area contributed by atoms with Gasteiger partial charge in [-0.3, -0.25) is 4.72 Å². The summed E-state index contributed by atoms with van der Waals surface area (Å²) in [5.74, 6) is 0.153. The summed E-state index contributed by atoms with van der Waals surface area (Å²) < 4.78 is 69.0. The third kappa shape index (κ3) is 4.43. The van der Waals surface area contributed by atoms with Gasteiger partial charge in [0, 0.05) is 23.5 Å². The Kier molecular flexibility index (Phi) is 5.86. The van der Waals surface area contributed by atoms with Crippen molar-refractivity contribution in [2.45, 2.75) is 25.0 Å². The van der Waals surface area contributed by atoms with Gasteiger partial charge in [0.25, 0.3) is 0 Å². The van der Waals surface area contributed by atoms with Crippen LogP contribution in [0.15, 0.2) is 42.5 Å². The van der Waals surface area contributed by atoms with Gasteiger partial charge < -0.3 is 9.84 Å². The highest BCUT2D eigenvalue weighted by Gasteiger charge is 2.46. The van der Waals surface area contributed by atoms with E-state index >= 15 is 0 Å². The highest BCUT2D eigenvalue weighted by molar-refractivity contribution is 7.93. The number of aryl methyl sites for hydroxylation is 1. The number of benzene rings is 2. The van der Waals surface area contributed by atoms with Crippen molar-refractivity contribution in [3.05, 3.63) is 58.0 Å². The molecule has 0 radical (unpaired) electrons. The van der Waals surface area contributed by atoms with Crippen molar-refractivity contribution in [1.82, 2.24) is 10.2 Å². The number of sulfonamides is 1. The predicted octanol–water partition coefficient (Wildman–Crippen LogP) is 4.06. The number of rotatable bonds is 5. The van der Waals surface area contributed by atoms with Gasteiger partial charge in [-0.25, -0.2) is 0 Å². The van der Waals surface area contributed by atoms with Gasteiger partial charge in [-0.2, -0.15) is 21.6 Å². The average Bonchev–Trinajstić information content (AvgIpc) is 3.14. The number of aromatic nitrogens is 2. The fraction of sp³-hybridized carbons (Fsp3) is 0.300. The Labute approximate surface area is 185 Å². The van der Waals surface area contributed by atoms with Crippen LogP contribution in [-0.4, -0.2) is 35.8 Å². The van der Waals surface area contributed by atoms with Gasteiger partial charge in [-0.15, -0.1) is 21.5 Å². The SMILES string of the molecule is Cc1nnc(CC2COc3cc(-c4ccccc4NS(=O)(=O)C(F)(F)F)ccc3C2O)s1. The van der Waals surface area contributed by atoms with Crippen LogP contribution in [0.1, 0.15) is 21.7 Å². The van der Waals surface area contributed by atoms with E-state index in [1.165, 1.54) is 29.5 Å². The van der Waals surface area contributed by atoms with Crippen molar-refractivity contribution < 1.29 is 31.4 Å². The molecule has 1 aromatic heterocycles. The molecule has 7 nitrogen and oxygen atoms in total. The molecule has 2 N–H and O–H groups in total. The van der Waals surface area contributed by atoms with E-state index in [2.05, 4.69) is 10.2 Å². The topological polar surface area (TPSA) is 101 Å². The number of aliphatic hydroxyl groups excluding tert-OH is 1. The Balaban J connectivity index is 1.61. The van der Waals surface area contributed by atoms with Crippen molar-refractivity contribution in [2.24, 2.45) is 5.92 Å². The zero-order chi connectivity index (χ0) is 23.1. The van der Waals surface area contributed by atoms with Gasteiger partial charge >= 0.3 is 15.5 Å². The Bertz CT molecular complexity index is 1240. The van der Waals surface area contributed by atoms with Crippen LogP contribution in [0.2, 0.25) is 0 Å². The van der Waals surface area contributed by atoms with E-state index in [9.17, 15) is 26.7 Å². The summed E-state index contributed by atoms with van der Waals surface area (Å²) in [7, 11) is -5.57. The summed E-state index contributed by atoms with van der Waals surface area (Å²) in [5, 5.41) is 20.5. The molecule has 1 aliphatic heterocycles. The summed E-state index contributed by atoms with van der Waals surface area (Å²) in [6.07, 6.45) is -0.327. The summed E-state index contributed by atoms with van der Waals surface area (Å²) >= 11 is 1.45. The van der Waals surface area contributed by atoms with E-state index in [0.717, 1.165) is 10.0 Å². The molecule has 4 rings (SSSR count). The number of hydrogen-bond acceptors (Lipinski definition) is 7. The highest BCUT2D eigenvalue weighted by atomic mass is 32.2. The van der Waals surface area contributed by atoms with Gasteiger partial charge in [-0.05, 0) is 24.6 Å². The van der Waals surface area contributed by atoms with Crippen LogP contribution in [-0.2, 0) is 16.4 Å². The maximum Gasteiger partial charge on any atom is 0.516 e. The van der Waals surface area contributed by atoms with Crippen molar-refractivity contribution in [3.63, 3.8) is 0 Å². The lowest BCUT2D eigenvalue weighted by Gasteiger charge is -2.30. The number of nitrogens with zero attached hydrogens (tertiary/aromatic N) is 2. The van der Waals surface area contributed by atoms with Crippen molar-refractivity contribution in [1.29, 1.82) is 0 Å². The fourth-order valence-corrected chi connectivity index (χ4v) is 4.84. The second kappa shape index (κ2) is 8.34. The molecule has 32 heavy (non-hydrogen) atoms. The van der Waals surface area contributed by atoms with E-state index in [1.54, 1.807) is 29.0 Å². The molecule has 12 heteroatoms. The first kappa shape index (κ1) is 22.5. The van der Waals surface area contributed by atoms with E-state index in [0.29, 0.717) is 23.3 Å². The summed E-state index contributed by atoms with van der Waals surface area (Å²) in [5.41, 5.74) is -4.43. The van der Waals surface area contributed by atoms with Crippen LogP contribution in [0.4, 0.5) is 18.9 Å². The Morgan fingerprint density at radius 2 is 1.97 bits per heavy atom. The largest absolute Gasteiger partial charge is 0.516 e. The Morgan fingerprint density at radius 3 is 2.66 bits per heavy atom. The second-order valence-electron chi connectivity index (χ2n) is 7.28. The molecule has 0 bridgehead atoms. The van der Waals surface area contributed by atoms with Gasteiger partial charge in [-0.1, -0.05) is 30.3 Å². The van der Waals surface area contributed by atoms with Crippen LogP contribution in [0, 0.1) is 12.8 Å². The first-order valence-corrected chi connectivity index (χ1v) is 11.8. The van der Waals surface area contributed by atoms with E-state index < -0.39 is 21.6 Å². The third-order valence-electron chi connectivity index (χ3n) is 5.02. The molecule has 1 aliphatic rings. The van der Waals surface area contributed by atoms with Crippen LogP contribution >= 0.6 is 11.3 Å². The Hall–Kier alpha value is -2.70. The maximum absolute atomic E-state index is 12.8. The first-order valence-electron chi connectivity index (χ1n) is 9.47. The van der Waals surface area contributed by atoms with Gasteiger partial charge in [0.15, 0.2) is 0 Å². The number of anilines is 1. The van der Waals surface area contributed by atoms with Gasteiger partial charge in [0.05, 0.1) is 18.4 Å². The lowest BCUT2D eigenvalue weighted by atomic mass is 9.89. The number of ether oxygens (including phenoxy) is 1. The number of fused-ring (bicyclic) bond motifs is 1. The maximum atomic E-state index is 12.8. The number of aliphatic hydroxyl groups is 1. The molecule has 0 spiro atoms. The minimum Gasteiger partial charge on any atom is -0.493 e. The van der Waals surface area contributed by atoms with E-state index in [-0.39, 0.29) is 23.8 Å². The van der Waals surface area contributed by atoms with Crippen LogP contribution in [0.3, 0.4) is 0 Å². The number of nitrogens with one attached hydrogen (secondary N) is 1. The molecule has 2 aromatic carbocycles. The summed E-state index contributed by atoms with van der Waals surface area (Å²) in [6.45, 7) is 2.07. The summed E-state index contributed by atoms with van der Waals surface area (Å²) in [4.78, 5) is 0. The van der Waals surface area contributed by atoms with Crippen molar-refractivity contribution in [3.8, 4) is 16.9 Å². The van der Waals surface area contributed by atoms with Crippen molar-refractivity contribution in [2.75, 3.05) is 11.3 Å². The first-order chi connectivity index (χ1) is 15.0. The van der Waals surface area contributed by atoms with E-state index in [1.807, 2.05) is 6.92 Å². The molecule has 170 valence electrons. The molecule has 2 heterocycles. The zero-order valence-electron chi connectivity index (χ0n) is 16.6. The molecule has 2 unspecified atom stereocenters. The zero-order valence-corrected chi connectivity index (χ0v) is 18.3. The molecule has 0 aliphatic carbocycles. The molecule has 0 saturated carbocycles. The lowest BCUT2D eigenvalue weighted by Crippen LogP contribution is -2.30. The molecule has 2 atom stereocenters.